The average Bonchev–Trinajstić information content (AvgIpc) is 2.93. The van der Waals surface area contributed by atoms with Gasteiger partial charge >= 0.3 is 47.4 Å². The summed E-state index contributed by atoms with van der Waals surface area (Å²) < 4.78 is 244. The van der Waals surface area contributed by atoms with Crippen molar-refractivity contribution < 1.29 is 70.2 Å². The Labute approximate surface area is 303 Å². The summed E-state index contributed by atoms with van der Waals surface area (Å²) in [6.07, 6.45) is 0. The predicted molar refractivity (Wildman–Crippen MR) is 174 cm³/mol. The van der Waals surface area contributed by atoms with E-state index >= 15 is 70.2 Å². The van der Waals surface area contributed by atoms with Crippen LogP contribution in [-0.2, 0) is 33.5 Å². The number of hydrogen-bond acceptors (Lipinski definition) is 2. The van der Waals surface area contributed by atoms with Gasteiger partial charge in [-0.3, -0.25) is 0 Å². The number of hydrogen-bond donors (Lipinski definition) is 2. The maximum Gasteiger partial charge on any atom is 0.385 e. The summed E-state index contributed by atoms with van der Waals surface area (Å²) in [6, 6.07) is 0.327. The van der Waals surface area contributed by atoms with E-state index in [-0.39, 0.29) is 35.6 Å². The van der Waals surface area contributed by atoms with Gasteiger partial charge in [0, 0.05) is 22.5 Å². The molecule has 54 heavy (non-hydrogen) atoms. The van der Waals surface area contributed by atoms with Gasteiger partial charge in [0.2, 0.25) is 0 Å². The molecule has 310 valence electrons. The third-order valence-corrected chi connectivity index (χ3v) is 9.08. The summed E-state index contributed by atoms with van der Waals surface area (Å²) in [4.78, 5) is 0. The monoisotopic (exact) mass is 808 g/mol. The minimum absolute atomic E-state index is 0.0818. The molecular weight excluding hydrogens is 764 g/mol. The Morgan fingerprint density at radius 3 is 0.593 bits per heavy atom. The van der Waals surface area contributed by atoms with Gasteiger partial charge in [-0.15, -0.1) is 0 Å². The molecule has 0 unspecified atom stereocenters. The van der Waals surface area contributed by atoms with E-state index in [0.717, 1.165) is 0 Å². The molecular formula is C36H44F16N2. The molecule has 2 aromatic carbocycles. The summed E-state index contributed by atoms with van der Waals surface area (Å²) in [6.45, 7) is 15.4. The number of halogens is 16. The summed E-state index contributed by atoms with van der Waals surface area (Å²) in [5.41, 5.74) is -0.291. The van der Waals surface area contributed by atoms with Gasteiger partial charge in [0.05, 0.1) is 0 Å². The summed E-state index contributed by atoms with van der Waals surface area (Å²) in [5.74, 6) is -62.7. The van der Waals surface area contributed by atoms with E-state index < -0.39 is 102 Å². The second-order valence-corrected chi connectivity index (χ2v) is 17.6. The highest BCUT2D eigenvalue weighted by Crippen LogP contribution is 2.66. The smallest absolute Gasteiger partial charge is 0.385 e. The minimum Gasteiger partial charge on any atom is -0.398 e. The van der Waals surface area contributed by atoms with Crippen LogP contribution in [0.15, 0.2) is 24.3 Å². The molecule has 2 nitrogen and oxygen atoms in total. The van der Waals surface area contributed by atoms with Gasteiger partial charge in [-0.25, -0.2) is 0 Å². The number of benzene rings is 2. The summed E-state index contributed by atoms with van der Waals surface area (Å²) in [5, 5.41) is 0. The van der Waals surface area contributed by atoms with Crippen LogP contribution in [-0.4, -0.2) is 35.5 Å². The minimum atomic E-state index is -8.57. The molecule has 0 fully saturated rings. The average molecular weight is 809 g/mol. The van der Waals surface area contributed by atoms with Gasteiger partial charge < -0.3 is 11.5 Å². The number of alkyl halides is 16. The molecule has 18 heteroatoms. The Bertz CT molecular complexity index is 1530. The van der Waals surface area contributed by atoms with Crippen LogP contribution in [0.5, 0.6) is 0 Å². The predicted octanol–water partition coefficient (Wildman–Crippen LogP) is 12.7. The quantitative estimate of drug-likeness (QED) is 0.196. The first-order valence-electron chi connectivity index (χ1n) is 16.2. The highest BCUT2D eigenvalue weighted by Gasteiger charge is 2.95. The molecule has 2 rings (SSSR count). The topological polar surface area (TPSA) is 52.0 Å². The van der Waals surface area contributed by atoms with Crippen molar-refractivity contribution in [2.24, 2.45) is 0 Å². The zero-order chi connectivity index (χ0) is 43.4. The van der Waals surface area contributed by atoms with Crippen LogP contribution in [0.2, 0.25) is 0 Å². The Balaban J connectivity index is 2.92. The van der Waals surface area contributed by atoms with E-state index in [2.05, 4.69) is 0 Å². The van der Waals surface area contributed by atoms with Crippen molar-refractivity contribution in [2.45, 2.75) is 152 Å². The number of nitrogens with two attached hydrogens (primary N) is 2. The molecule has 0 amide bonds. The molecule has 0 aliphatic heterocycles. The van der Waals surface area contributed by atoms with Crippen molar-refractivity contribution in [3.05, 3.63) is 57.6 Å². The van der Waals surface area contributed by atoms with Crippen LogP contribution in [0.25, 0.3) is 0 Å². The van der Waals surface area contributed by atoms with E-state index in [1.54, 1.807) is 0 Å². The first-order valence-corrected chi connectivity index (χ1v) is 16.2. The molecule has 0 spiro atoms. The van der Waals surface area contributed by atoms with Crippen molar-refractivity contribution >= 4 is 11.4 Å². The Morgan fingerprint density at radius 2 is 0.444 bits per heavy atom. The van der Waals surface area contributed by atoms with Gasteiger partial charge in [-0.05, 0) is 68.2 Å². The van der Waals surface area contributed by atoms with Gasteiger partial charge in [0.15, 0.2) is 0 Å². The third-order valence-electron chi connectivity index (χ3n) is 9.08. The van der Waals surface area contributed by atoms with Crippen molar-refractivity contribution in [3.8, 4) is 0 Å². The molecule has 0 saturated carbocycles. The third kappa shape index (κ3) is 6.87. The van der Waals surface area contributed by atoms with Crippen molar-refractivity contribution in [1.82, 2.24) is 0 Å². The van der Waals surface area contributed by atoms with Crippen molar-refractivity contribution in [3.63, 3.8) is 0 Å². The van der Waals surface area contributed by atoms with E-state index in [9.17, 15) is 0 Å². The lowest BCUT2D eigenvalue weighted by Gasteiger charge is -2.44. The Morgan fingerprint density at radius 1 is 0.296 bits per heavy atom. The van der Waals surface area contributed by atoms with Crippen LogP contribution in [0.1, 0.15) is 116 Å². The molecule has 0 aliphatic rings. The molecule has 0 aromatic heterocycles. The van der Waals surface area contributed by atoms with Gasteiger partial charge in [0.1, 0.15) is 0 Å². The molecule has 0 bridgehead atoms. The van der Waals surface area contributed by atoms with Crippen LogP contribution >= 0.6 is 0 Å². The first-order chi connectivity index (χ1) is 23.2. The fourth-order valence-corrected chi connectivity index (χ4v) is 5.70. The summed E-state index contributed by atoms with van der Waals surface area (Å²) >= 11 is 0. The lowest BCUT2D eigenvalue weighted by atomic mass is 9.76. The molecule has 0 aliphatic carbocycles. The first kappa shape index (κ1) is 47.1. The van der Waals surface area contributed by atoms with E-state index in [1.165, 1.54) is 83.1 Å². The summed E-state index contributed by atoms with van der Waals surface area (Å²) in [7, 11) is 0. The van der Waals surface area contributed by atoms with Crippen molar-refractivity contribution in [2.75, 3.05) is 11.5 Å². The van der Waals surface area contributed by atoms with Crippen LogP contribution in [0, 0.1) is 0 Å². The van der Waals surface area contributed by atoms with Gasteiger partial charge in [-0.2, -0.15) is 70.2 Å². The van der Waals surface area contributed by atoms with E-state index in [1.807, 2.05) is 0 Å². The largest absolute Gasteiger partial charge is 0.398 e. The molecule has 0 radical (unpaired) electrons. The highest BCUT2D eigenvalue weighted by atomic mass is 19.4. The van der Waals surface area contributed by atoms with Crippen LogP contribution in [0.3, 0.4) is 0 Å². The van der Waals surface area contributed by atoms with Crippen LogP contribution < -0.4 is 11.5 Å². The highest BCUT2D eigenvalue weighted by molar-refractivity contribution is 5.62. The molecule has 4 N–H and O–H groups in total. The van der Waals surface area contributed by atoms with E-state index in [0.29, 0.717) is 0 Å². The SMILES string of the molecule is CC(C)(C)c1cc(C(F)(F)C(F)(F)C(F)(F)C(F)(F)C(F)(F)C(F)(F)C(F)(F)C(F)(F)c2cc(C(C)(C)C)c(N)c(C(C)(C)C)c2)cc(C(C)(C)C)c1N. The zero-order valence-corrected chi connectivity index (χ0v) is 31.5. The second-order valence-electron chi connectivity index (χ2n) is 17.6. The second kappa shape index (κ2) is 12.7. The zero-order valence-electron chi connectivity index (χ0n) is 31.5. The molecule has 0 heterocycles. The molecule has 2 aromatic rings. The standard InChI is InChI=1S/C36H44F16N2/c1-25(2,3)19-13-17(14-20(23(19)53)26(4,5)6)29(37,38)31(41,42)33(45,46)35(49,50)36(51,52)34(47,48)32(43,44)30(39,40)18-15-21(27(7,8)9)24(54)22(16-18)28(10,11)12/h13-16H,53-54H2,1-12H3. The Kier molecular flexibility index (Phi) is 11.1. The van der Waals surface area contributed by atoms with Crippen molar-refractivity contribution in [1.29, 1.82) is 0 Å². The number of nitrogen functional groups attached to an aromatic ring is 2. The lowest BCUT2D eigenvalue weighted by molar-refractivity contribution is -0.456. The lowest BCUT2D eigenvalue weighted by Crippen LogP contribution is -2.74. The molecule has 0 saturated heterocycles. The number of rotatable bonds is 9. The maximum absolute atomic E-state index is 15.5. The maximum atomic E-state index is 15.5. The number of anilines is 2. The van der Waals surface area contributed by atoms with Gasteiger partial charge in [-0.1, -0.05) is 83.1 Å². The molecule has 0 atom stereocenters. The van der Waals surface area contributed by atoms with E-state index in [4.69, 9.17) is 11.5 Å². The van der Waals surface area contributed by atoms with Gasteiger partial charge in [0.25, 0.3) is 0 Å². The Hall–Kier alpha value is -3.08. The fourth-order valence-electron chi connectivity index (χ4n) is 5.70. The van der Waals surface area contributed by atoms with Crippen LogP contribution in [0.4, 0.5) is 81.6 Å². The normalized spacial score (nSPS) is 15.6. The fraction of sp³-hybridized carbons (Fsp3) is 0.667.